The normalized spacial score (nSPS) is 10.4. The largest absolute Gasteiger partial charge is 0.321 e. The highest BCUT2D eigenvalue weighted by Gasteiger charge is 2.17. The van der Waals surface area contributed by atoms with Crippen LogP contribution in [-0.2, 0) is 4.79 Å². The molecule has 0 saturated heterocycles. The topological polar surface area (TPSA) is 76.0 Å². The van der Waals surface area contributed by atoms with Gasteiger partial charge in [-0.2, -0.15) is 5.10 Å². The molecule has 0 aliphatic rings. The molecule has 7 heteroatoms. The number of nitrogens with zero attached hydrogens (tertiary/aromatic N) is 2. The first-order chi connectivity index (χ1) is 12.6. The summed E-state index contributed by atoms with van der Waals surface area (Å²) in [6.07, 6.45) is 0.303. The Morgan fingerprint density at radius 2 is 1.73 bits per heavy atom. The first-order valence-electron chi connectivity index (χ1n) is 8.09. The number of hydrogen-bond acceptors (Lipinski definition) is 3. The molecule has 0 radical (unpaired) electrons. The molecule has 0 bridgehead atoms. The van der Waals surface area contributed by atoms with Crippen LogP contribution in [0.3, 0.4) is 0 Å². The van der Waals surface area contributed by atoms with Crippen LogP contribution in [0.15, 0.2) is 60.7 Å². The number of benzene rings is 2. The quantitative estimate of drug-likeness (QED) is 0.736. The van der Waals surface area contributed by atoms with Crippen molar-refractivity contribution in [3.63, 3.8) is 0 Å². The second-order valence-corrected chi connectivity index (χ2v) is 5.52. The highest BCUT2D eigenvalue weighted by molar-refractivity contribution is 6.04. The molecule has 0 aliphatic carbocycles. The molecule has 0 saturated carbocycles. The Hall–Kier alpha value is -3.48. The van der Waals surface area contributed by atoms with Crippen LogP contribution in [0, 0.1) is 5.82 Å². The van der Waals surface area contributed by atoms with E-state index in [2.05, 4.69) is 15.7 Å². The summed E-state index contributed by atoms with van der Waals surface area (Å²) in [5.74, 6) is -0.640. The Morgan fingerprint density at radius 3 is 2.38 bits per heavy atom. The average Bonchev–Trinajstić information content (AvgIpc) is 3.08. The lowest BCUT2D eigenvalue weighted by atomic mass is 10.3. The Kier molecular flexibility index (Phi) is 5.07. The van der Waals surface area contributed by atoms with E-state index >= 15 is 0 Å². The van der Waals surface area contributed by atoms with Crippen LogP contribution in [0.1, 0.15) is 23.8 Å². The molecule has 2 amide bonds. The molecule has 3 aromatic rings. The maximum Gasteiger partial charge on any atom is 0.276 e. The third kappa shape index (κ3) is 3.94. The van der Waals surface area contributed by atoms with Gasteiger partial charge in [0.15, 0.2) is 5.69 Å². The minimum absolute atomic E-state index is 0.129. The van der Waals surface area contributed by atoms with Crippen molar-refractivity contribution in [1.82, 2.24) is 9.78 Å². The molecule has 132 valence electrons. The Balaban J connectivity index is 1.90. The summed E-state index contributed by atoms with van der Waals surface area (Å²) < 4.78 is 14.5. The van der Waals surface area contributed by atoms with Crippen molar-refractivity contribution in [2.45, 2.75) is 13.3 Å². The maximum atomic E-state index is 13.0. The SMILES string of the molecule is CCC(=O)Nc1cc(C(=O)Nc2ccc(F)cc2)nn1-c1ccccc1. The van der Waals surface area contributed by atoms with Gasteiger partial charge < -0.3 is 10.6 Å². The average molecular weight is 352 g/mol. The second-order valence-electron chi connectivity index (χ2n) is 5.52. The highest BCUT2D eigenvalue weighted by Crippen LogP contribution is 2.19. The smallest absolute Gasteiger partial charge is 0.276 e. The summed E-state index contributed by atoms with van der Waals surface area (Å²) in [5, 5.41) is 9.69. The number of carbonyl (C=O) groups is 2. The fourth-order valence-electron chi connectivity index (χ4n) is 2.31. The summed E-state index contributed by atoms with van der Waals surface area (Å²) in [6.45, 7) is 1.74. The van der Waals surface area contributed by atoms with Crippen LogP contribution in [0.4, 0.5) is 15.9 Å². The van der Waals surface area contributed by atoms with Crippen LogP contribution in [0.2, 0.25) is 0 Å². The number of amides is 2. The van der Waals surface area contributed by atoms with Crippen LogP contribution in [-0.4, -0.2) is 21.6 Å². The van der Waals surface area contributed by atoms with Crippen molar-refractivity contribution >= 4 is 23.3 Å². The molecule has 2 aromatic carbocycles. The van der Waals surface area contributed by atoms with Crippen LogP contribution < -0.4 is 10.6 Å². The van der Waals surface area contributed by atoms with Gasteiger partial charge in [-0.25, -0.2) is 9.07 Å². The van der Waals surface area contributed by atoms with Crippen LogP contribution >= 0.6 is 0 Å². The molecule has 0 aliphatic heterocycles. The first-order valence-corrected chi connectivity index (χ1v) is 8.09. The minimum atomic E-state index is -0.460. The van der Waals surface area contributed by atoms with E-state index in [-0.39, 0.29) is 17.4 Å². The van der Waals surface area contributed by atoms with E-state index in [1.807, 2.05) is 30.3 Å². The maximum absolute atomic E-state index is 13.0. The Morgan fingerprint density at radius 1 is 1.04 bits per heavy atom. The number of halogens is 1. The third-order valence-electron chi connectivity index (χ3n) is 3.63. The molecule has 0 spiro atoms. The molecule has 6 nitrogen and oxygen atoms in total. The van der Waals surface area contributed by atoms with E-state index in [0.717, 1.165) is 0 Å². The zero-order valence-electron chi connectivity index (χ0n) is 14.1. The van der Waals surface area contributed by atoms with Gasteiger partial charge in [0.1, 0.15) is 11.6 Å². The molecule has 2 N–H and O–H groups in total. The lowest BCUT2D eigenvalue weighted by molar-refractivity contribution is -0.115. The standard InChI is InChI=1S/C19H17FN4O2/c1-2-18(25)22-17-12-16(23-24(17)15-6-4-3-5-7-15)19(26)21-14-10-8-13(20)9-11-14/h3-12H,2H2,1H3,(H,21,26)(H,22,25). The van der Waals surface area contributed by atoms with Gasteiger partial charge in [0.05, 0.1) is 5.69 Å². The number of rotatable bonds is 5. The molecular weight excluding hydrogens is 335 g/mol. The molecule has 0 unspecified atom stereocenters. The van der Waals surface area contributed by atoms with Crippen molar-refractivity contribution in [3.8, 4) is 5.69 Å². The van der Waals surface area contributed by atoms with E-state index in [0.29, 0.717) is 23.6 Å². The molecule has 26 heavy (non-hydrogen) atoms. The summed E-state index contributed by atoms with van der Waals surface area (Å²) >= 11 is 0. The molecule has 1 heterocycles. The number of nitrogens with one attached hydrogen (secondary N) is 2. The number of carbonyl (C=O) groups excluding carboxylic acids is 2. The molecule has 3 rings (SSSR count). The zero-order valence-corrected chi connectivity index (χ0v) is 14.1. The van der Waals surface area contributed by atoms with E-state index in [4.69, 9.17) is 0 Å². The van der Waals surface area contributed by atoms with Crippen molar-refractivity contribution in [3.05, 3.63) is 72.2 Å². The van der Waals surface area contributed by atoms with Crippen LogP contribution in [0.5, 0.6) is 0 Å². The van der Waals surface area contributed by atoms with Crippen molar-refractivity contribution < 1.29 is 14.0 Å². The summed E-state index contributed by atoms with van der Waals surface area (Å²) in [6, 6.07) is 16.1. The second kappa shape index (κ2) is 7.60. The fraction of sp³-hybridized carbons (Fsp3) is 0.105. The predicted octanol–water partition coefficient (Wildman–Crippen LogP) is 3.61. The van der Waals surface area contributed by atoms with Gasteiger partial charge in [0, 0.05) is 18.2 Å². The van der Waals surface area contributed by atoms with Gasteiger partial charge in [-0.3, -0.25) is 9.59 Å². The summed E-state index contributed by atoms with van der Waals surface area (Å²) in [5.41, 5.74) is 1.29. The minimum Gasteiger partial charge on any atom is -0.321 e. The van der Waals surface area contributed by atoms with E-state index in [1.54, 1.807) is 6.92 Å². The zero-order chi connectivity index (χ0) is 18.5. The number of para-hydroxylation sites is 1. The van der Waals surface area contributed by atoms with E-state index < -0.39 is 5.91 Å². The fourth-order valence-corrected chi connectivity index (χ4v) is 2.31. The first kappa shape index (κ1) is 17.3. The Bertz CT molecular complexity index is 920. The third-order valence-corrected chi connectivity index (χ3v) is 3.63. The van der Waals surface area contributed by atoms with Crippen LogP contribution in [0.25, 0.3) is 5.69 Å². The number of hydrogen-bond donors (Lipinski definition) is 2. The summed E-state index contributed by atoms with van der Waals surface area (Å²) in [7, 11) is 0. The van der Waals surface area contributed by atoms with Gasteiger partial charge in [0.2, 0.25) is 5.91 Å². The predicted molar refractivity (Wildman–Crippen MR) is 96.8 cm³/mol. The molecule has 1 aromatic heterocycles. The van der Waals surface area contributed by atoms with E-state index in [1.165, 1.54) is 35.0 Å². The van der Waals surface area contributed by atoms with E-state index in [9.17, 15) is 14.0 Å². The van der Waals surface area contributed by atoms with Gasteiger partial charge >= 0.3 is 0 Å². The van der Waals surface area contributed by atoms with Crippen molar-refractivity contribution in [2.24, 2.45) is 0 Å². The lowest BCUT2D eigenvalue weighted by Crippen LogP contribution is -2.14. The Labute approximate surface area is 149 Å². The van der Waals surface area contributed by atoms with Gasteiger partial charge in [0.25, 0.3) is 5.91 Å². The van der Waals surface area contributed by atoms with Gasteiger partial charge in [-0.15, -0.1) is 0 Å². The molecule has 0 atom stereocenters. The number of anilines is 2. The lowest BCUT2D eigenvalue weighted by Gasteiger charge is -2.07. The van der Waals surface area contributed by atoms with Crippen molar-refractivity contribution in [2.75, 3.05) is 10.6 Å². The van der Waals surface area contributed by atoms with Crippen molar-refractivity contribution in [1.29, 1.82) is 0 Å². The monoisotopic (exact) mass is 352 g/mol. The summed E-state index contributed by atoms with van der Waals surface area (Å²) in [4.78, 5) is 24.2. The molecule has 0 fully saturated rings. The number of aromatic nitrogens is 2. The highest BCUT2D eigenvalue weighted by atomic mass is 19.1. The van der Waals surface area contributed by atoms with Gasteiger partial charge in [-0.05, 0) is 36.4 Å². The van der Waals surface area contributed by atoms with Gasteiger partial charge in [-0.1, -0.05) is 25.1 Å². The molecular formula is C19H17FN4O2.